The molecule has 0 saturated heterocycles. The highest BCUT2D eigenvalue weighted by atomic mass is 127. The van der Waals surface area contributed by atoms with Crippen LogP contribution >= 0.6 is 22.6 Å². The molecule has 2 rings (SSSR count). The minimum absolute atomic E-state index is 0.214. The molecule has 0 fully saturated rings. The Morgan fingerprint density at radius 1 is 1.15 bits per heavy atom. The predicted molar refractivity (Wildman–Crippen MR) is 89.1 cm³/mol. The van der Waals surface area contributed by atoms with E-state index in [4.69, 9.17) is 0 Å². The van der Waals surface area contributed by atoms with Gasteiger partial charge in [0.1, 0.15) is 0 Å². The van der Waals surface area contributed by atoms with Gasteiger partial charge in [0.2, 0.25) is 0 Å². The van der Waals surface area contributed by atoms with E-state index in [1.54, 1.807) is 6.07 Å². The van der Waals surface area contributed by atoms with E-state index < -0.39 is 0 Å². The molecule has 0 radical (unpaired) electrons. The summed E-state index contributed by atoms with van der Waals surface area (Å²) in [5, 5.41) is 11.0. The van der Waals surface area contributed by atoms with Crippen molar-refractivity contribution >= 4 is 28.3 Å². The third-order valence-electron chi connectivity index (χ3n) is 3.22. The van der Waals surface area contributed by atoms with Crippen molar-refractivity contribution < 1.29 is 4.92 Å². The largest absolute Gasteiger partial charge is 0.282 e. The minimum Gasteiger partial charge on any atom is -0.258 e. The maximum absolute atomic E-state index is 11.0. The van der Waals surface area contributed by atoms with Crippen LogP contribution < -0.4 is 0 Å². The van der Waals surface area contributed by atoms with Crippen LogP contribution in [0.15, 0.2) is 42.5 Å². The fourth-order valence-corrected chi connectivity index (χ4v) is 3.00. The van der Waals surface area contributed by atoms with Crippen LogP contribution in [-0.4, -0.2) is 4.92 Å². The molecule has 4 heteroatoms. The average molecular weight is 381 g/mol. The Kier molecular flexibility index (Phi) is 5.11. The number of nitrogens with zero attached hydrogens (tertiary/aromatic N) is 1. The zero-order chi connectivity index (χ0) is 14.5. The fraction of sp³-hybridized carbons (Fsp3) is 0.250. The van der Waals surface area contributed by atoms with E-state index in [0.29, 0.717) is 3.57 Å². The molecule has 0 atom stereocenters. The molecule has 0 heterocycles. The van der Waals surface area contributed by atoms with Gasteiger partial charge in [0.05, 0.1) is 8.49 Å². The lowest BCUT2D eigenvalue weighted by Crippen LogP contribution is -2.00. The summed E-state index contributed by atoms with van der Waals surface area (Å²) in [5.74, 6) is 0. The van der Waals surface area contributed by atoms with Gasteiger partial charge in [-0.15, -0.1) is 0 Å². The standard InChI is InChI=1S/C16H16INO2/c1-2-6-13-11-16(18(19)20)15(17)10-14(13)9-12-7-4-3-5-8-12/h3-5,7-8,10-11H,2,6,9H2,1H3. The molecule has 0 unspecified atom stereocenters. The van der Waals surface area contributed by atoms with Gasteiger partial charge < -0.3 is 0 Å². The molecule has 0 aromatic heterocycles. The molecular weight excluding hydrogens is 365 g/mol. The van der Waals surface area contributed by atoms with Gasteiger partial charge in [0.15, 0.2) is 0 Å². The Morgan fingerprint density at radius 2 is 1.85 bits per heavy atom. The first kappa shape index (κ1) is 15.0. The highest BCUT2D eigenvalue weighted by Gasteiger charge is 2.16. The zero-order valence-corrected chi connectivity index (χ0v) is 13.5. The molecule has 0 aliphatic carbocycles. The molecule has 2 aromatic rings. The van der Waals surface area contributed by atoms with E-state index in [1.807, 2.05) is 46.9 Å². The molecule has 0 bridgehead atoms. The summed E-state index contributed by atoms with van der Waals surface area (Å²) in [6, 6.07) is 13.9. The van der Waals surface area contributed by atoms with Crippen molar-refractivity contribution in [2.75, 3.05) is 0 Å². The number of hydrogen-bond donors (Lipinski definition) is 0. The third-order valence-corrected chi connectivity index (χ3v) is 4.09. The van der Waals surface area contributed by atoms with Crippen LogP contribution in [0.25, 0.3) is 0 Å². The molecule has 0 aliphatic rings. The van der Waals surface area contributed by atoms with E-state index in [9.17, 15) is 10.1 Å². The van der Waals surface area contributed by atoms with E-state index >= 15 is 0 Å². The fourth-order valence-electron chi connectivity index (χ4n) is 2.27. The van der Waals surface area contributed by atoms with E-state index in [1.165, 1.54) is 11.1 Å². The first-order valence-electron chi connectivity index (χ1n) is 6.61. The second kappa shape index (κ2) is 6.83. The summed E-state index contributed by atoms with van der Waals surface area (Å²) >= 11 is 2.05. The lowest BCUT2D eigenvalue weighted by Gasteiger charge is -2.10. The topological polar surface area (TPSA) is 43.1 Å². The Labute approximate surface area is 132 Å². The lowest BCUT2D eigenvalue weighted by molar-refractivity contribution is -0.385. The lowest BCUT2D eigenvalue weighted by atomic mass is 9.96. The highest BCUT2D eigenvalue weighted by Crippen LogP contribution is 2.27. The Balaban J connectivity index is 2.41. The highest BCUT2D eigenvalue weighted by molar-refractivity contribution is 14.1. The molecule has 20 heavy (non-hydrogen) atoms. The summed E-state index contributed by atoms with van der Waals surface area (Å²) in [4.78, 5) is 10.8. The molecule has 0 spiro atoms. The van der Waals surface area contributed by atoms with Crippen LogP contribution in [-0.2, 0) is 12.8 Å². The Hall–Kier alpha value is -1.43. The van der Waals surface area contributed by atoms with Crippen LogP contribution in [0.2, 0.25) is 0 Å². The quantitative estimate of drug-likeness (QED) is 0.427. The normalized spacial score (nSPS) is 10.5. The van der Waals surface area contributed by atoms with Crippen LogP contribution in [0.5, 0.6) is 0 Å². The monoisotopic (exact) mass is 381 g/mol. The Morgan fingerprint density at radius 3 is 2.45 bits per heavy atom. The van der Waals surface area contributed by atoms with Crippen LogP contribution in [0.1, 0.15) is 30.0 Å². The van der Waals surface area contributed by atoms with E-state index in [0.717, 1.165) is 24.8 Å². The number of aryl methyl sites for hydroxylation is 1. The first-order chi connectivity index (χ1) is 9.61. The Bertz CT molecular complexity index is 611. The maximum atomic E-state index is 11.0. The number of hydrogen-bond acceptors (Lipinski definition) is 2. The van der Waals surface area contributed by atoms with Gasteiger partial charge >= 0.3 is 0 Å². The summed E-state index contributed by atoms with van der Waals surface area (Å²) in [6.45, 7) is 2.09. The van der Waals surface area contributed by atoms with Crippen LogP contribution in [0, 0.1) is 13.7 Å². The molecule has 3 nitrogen and oxygen atoms in total. The summed E-state index contributed by atoms with van der Waals surface area (Å²) in [6.07, 6.45) is 2.68. The van der Waals surface area contributed by atoms with Crippen molar-refractivity contribution in [1.29, 1.82) is 0 Å². The maximum Gasteiger partial charge on any atom is 0.282 e. The number of nitro benzene ring substituents is 1. The molecule has 2 aromatic carbocycles. The average Bonchev–Trinajstić information content (AvgIpc) is 2.42. The van der Waals surface area contributed by atoms with Gasteiger partial charge in [-0.05, 0) is 58.2 Å². The summed E-state index contributed by atoms with van der Waals surface area (Å²) in [7, 11) is 0. The van der Waals surface area contributed by atoms with E-state index in [2.05, 4.69) is 19.1 Å². The van der Waals surface area contributed by atoms with Crippen molar-refractivity contribution in [1.82, 2.24) is 0 Å². The van der Waals surface area contributed by atoms with Crippen molar-refractivity contribution in [3.8, 4) is 0 Å². The molecule has 104 valence electrons. The summed E-state index contributed by atoms with van der Waals surface area (Å²) < 4.78 is 0.707. The van der Waals surface area contributed by atoms with Gasteiger partial charge in [-0.2, -0.15) is 0 Å². The van der Waals surface area contributed by atoms with Crippen molar-refractivity contribution in [3.63, 3.8) is 0 Å². The number of benzene rings is 2. The minimum atomic E-state index is -0.298. The molecular formula is C16H16INO2. The van der Waals surface area contributed by atoms with Crippen molar-refractivity contribution in [3.05, 3.63) is 72.8 Å². The second-order valence-electron chi connectivity index (χ2n) is 4.74. The number of halogens is 1. The molecule has 0 amide bonds. The van der Waals surface area contributed by atoms with Gasteiger partial charge in [-0.25, -0.2) is 0 Å². The smallest absolute Gasteiger partial charge is 0.258 e. The van der Waals surface area contributed by atoms with Gasteiger partial charge in [-0.3, -0.25) is 10.1 Å². The van der Waals surface area contributed by atoms with E-state index in [-0.39, 0.29) is 10.6 Å². The predicted octanol–water partition coefficient (Wildman–Crippen LogP) is 4.74. The number of nitro groups is 1. The molecule has 0 saturated carbocycles. The van der Waals surface area contributed by atoms with Gasteiger partial charge in [0, 0.05) is 6.07 Å². The first-order valence-corrected chi connectivity index (χ1v) is 7.69. The third kappa shape index (κ3) is 3.56. The summed E-state index contributed by atoms with van der Waals surface area (Å²) in [5.41, 5.74) is 3.72. The van der Waals surface area contributed by atoms with Gasteiger partial charge in [-0.1, -0.05) is 43.7 Å². The van der Waals surface area contributed by atoms with Crippen molar-refractivity contribution in [2.45, 2.75) is 26.2 Å². The molecule has 0 N–H and O–H groups in total. The van der Waals surface area contributed by atoms with Crippen molar-refractivity contribution in [2.24, 2.45) is 0 Å². The SMILES string of the molecule is CCCc1cc([N+](=O)[O-])c(I)cc1Cc1ccccc1. The molecule has 0 aliphatic heterocycles. The number of rotatable bonds is 5. The van der Waals surface area contributed by atoms with Gasteiger partial charge in [0.25, 0.3) is 5.69 Å². The van der Waals surface area contributed by atoms with Crippen LogP contribution in [0.3, 0.4) is 0 Å². The van der Waals surface area contributed by atoms with Crippen LogP contribution in [0.4, 0.5) is 5.69 Å². The zero-order valence-electron chi connectivity index (χ0n) is 11.3. The second-order valence-corrected chi connectivity index (χ2v) is 5.90.